The molecule has 0 aliphatic heterocycles. The quantitative estimate of drug-likeness (QED) is 0.829. The summed E-state index contributed by atoms with van der Waals surface area (Å²) in [7, 11) is 1.62. The Morgan fingerprint density at radius 2 is 2.00 bits per heavy atom. The number of amides is 1. The largest absolute Gasteiger partial charge is 0.383 e. The molecule has 1 aromatic heterocycles. The normalized spacial score (nSPS) is 12.3. The number of hydrogen-bond acceptors (Lipinski definition) is 5. The molecule has 0 unspecified atom stereocenters. The van der Waals surface area contributed by atoms with E-state index < -0.39 is 0 Å². The Morgan fingerprint density at radius 1 is 1.33 bits per heavy atom. The van der Waals surface area contributed by atoms with Crippen molar-refractivity contribution in [2.45, 2.75) is 24.9 Å². The Bertz CT molecular complexity index is 633. The molecule has 5 nitrogen and oxygen atoms in total. The number of aromatic nitrogens is 2. The number of thioether (sulfide) groups is 1. The van der Waals surface area contributed by atoms with Gasteiger partial charge in [-0.1, -0.05) is 23.9 Å². The van der Waals surface area contributed by atoms with E-state index in [1.165, 1.54) is 11.8 Å². The smallest absolute Gasteiger partial charge is 0.230 e. The monoisotopic (exact) mass is 305 g/mol. The van der Waals surface area contributed by atoms with Gasteiger partial charge in [-0.3, -0.25) is 4.79 Å². The van der Waals surface area contributed by atoms with Crippen molar-refractivity contribution in [2.24, 2.45) is 0 Å². The van der Waals surface area contributed by atoms with Crippen molar-refractivity contribution in [3.63, 3.8) is 0 Å². The summed E-state index contributed by atoms with van der Waals surface area (Å²) in [4.78, 5) is 20.9. The number of ether oxygens (including phenoxy) is 1. The highest BCUT2D eigenvalue weighted by Crippen LogP contribution is 2.21. The number of nitrogens with one attached hydrogen (secondary N) is 1. The van der Waals surface area contributed by atoms with E-state index in [4.69, 9.17) is 4.74 Å². The van der Waals surface area contributed by atoms with Gasteiger partial charge >= 0.3 is 0 Å². The summed E-state index contributed by atoms with van der Waals surface area (Å²) in [5.74, 6) is 0.293. The molecule has 2 rings (SSSR count). The van der Waals surface area contributed by atoms with Gasteiger partial charge in [-0.25, -0.2) is 9.97 Å². The number of carbonyl (C=O) groups is 1. The second-order valence-corrected chi connectivity index (χ2v) is 5.78. The number of aryl methyl sites for hydroxylation is 1. The van der Waals surface area contributed by atoms with Crippen LogP contribution in [-0.2, 0) is 9.53 Å². The zero-order valence-electron chi connectivity index (χ0n) is 12.4. The van der Waals surface area contributed by atoms with E-state index in [0.29, 0.717) is 12.4 Å². The van der Waals surface area contributed by atoms with E-state index >= 15 is 0 Å². The van der Waals surface area contributed by atoms with Crippen LogP contribution in [0.15, 0.2) is 29.3 Å². The third-order valence-electron chi connectivity index (χ3n) is 2.87. The Hall–Kier alpha value is -1.66. The molecule has 21 heavy (non-hydrogen) atoms. The molecule has 1 N–H and O–H groups in total. The molecule has 1 atom stereocenters. The summed E-state index contributed by atoms with van der Waals surface area (Å²) in [5.41, 5.74) is 2.56. The summed E-state index contributed by atoms with van der Waals surface area (Å²) in [5, 5.41) is 3.67. The minimum Gasteiger partial charge on any atom is -0.383 e. The van der Waals surface area contributed by atoms with Crippen molar-refractivity contribution < 1.29 is 9.53 Å². The average Bonchev–Trinajstić information content (AvgIpc) is 2.45. The first-order chi connectivity index (χ1) is 10.1. The molecule has 0 spiro atoms. The molecular formula is C15H19N3O2S. The number of rotatable bonds is 6. The fraction of sp³-hybridized carbons (Fsp3) is 0.400. The van der Waals surface area contributed by atoms with Crippen LogP contribution in [0.1, 0.15) is 12.6 Å². The number of para-hydroxylation sites is 2. The van der Waals surface area contributed by atoms with Crippen LogP contribution in [0.3, 0.4) is 0 Å². The standard InChI is InChI=1S/C15H19N3O2S/c1-10(8-20-3)16-14(19)9-21-15-11(2)17-12-6-4-5-7-13(12)18-15/h4-7,10H,8-9H2,1-3H3,(H,16,19)/t10-/m1/s1. The van der Waals surface area contributed by atoms with Crippen molar-refractivity contribution in [1.29, 1.82) is 0 Å². The van der Waals surface area contributed by atoms with E-state index in [1.54, 1.807) is 7.11 Å². The summed E-state index contributed by atoms with van der Waals surface area (Å²) in [6, 6.07) is 7.73. The lowest BCUT2D eigenvalue weighted by Gasteiger charge is -2.12. The van der Waals surface area contributed by atoms with E-state index in [0.717, 1.165) is 21.8 Å². The molecule has 0 saturated heterocycles. The fourth-order valence-corrected chi connectivity index (χ4v) is 2.72. The van der Waals surface area contributed by atoms with Crippen LogP contribution in [0.2, 0.25) is 0 Å². The number of carbonyl (C=O) groups excluding carboxylic acids is 1. The third kappa shape index (κ3) is 4.41. The van der Waals surface area contributed by atoms with E-state index in [2.05, 4.69) is 15.3 Å². The number of methoxy groups -OCH3 is 1. The Kier molecular flexibility index (Phi) is 5.52. The number of nitrogens with zero attached hydrogens (tertiary/aromatic N) is 2. The highest BCUT2D eigenvalue weighted by molar-refractivity contribution is 7.99. The van der Waals surface area contributed by atoms with E-state index in [1.807, 2.05) is 38.1 Å². The van der Waals surface area contributed by atoms with Gasteiger partial charge in [0.05, 0.1) is 29.1 Å². The highest BCUT2D eigenvalue weighted by atomic mass is 32.2. The van der Waals surface area contributed by atoms with Crippen LogP contribution in [0.5, 0.6) is 0 Å². The van der Waals surface area contributed by atoms with Crippen LogP contribution in [0.4, 0.5) is 0 Å². The molecular weight excluding hydrogens is 286 g/mol. The summed E-state index contributed by atoms with van der Waals surface area (Å²) in [6.07, 6.45) is 0. The first-order valence-electron chi connectivity index (χ1n) is 6.74. The maximum atomic E-state index is 11.8. The molecule has 0 radical (unpaired) electrons. The number of fused-ring (bicyclic) bond motifs is 1. The Labute approximate surface area is 128 Å². The zero-order chi connectivity index (χ0) is 15.2. The summed E-state index contributed by atoms with van der Waals surface area (Å²) < 4.78 is 4.99. The second-order valence-electron chi connectivity index (χ2n) is 4.82. The van der Waals surface area contributed by atoms with Crippen molar-refractivity contribution >= 4 is 28.7 Å². The molecule has 1 amide bonds. The van der Waals surface area contributed by atoms with Gasteiger partial charge in [0.2, 0.25) is 5.91 Å². The molecule has 2 aromatic rings. The lowest BCUT2D eigenvalue weighted by Crippen LogP contribution is -2.36. The van der Waals surface area contributed by atoms with Crippen LogP contribution >= 0.6 is 11.8 Å². The van der Waals surface area contributed by atoms with Crippen molar-refractivity contribution in [1.82, 2.24) is 15.3 Å². The lowest BCUT2D eigenvalue weighted by atomic mass is 10.3. The third-order valence-corrected chi connectivity index (χ3v) is 3.93. The van der Waals surface area contributed by atoms with Crippen molar-refractivity contribution in [3.8, 4) is 0 Å². The maximum absolute atomic E-state index is 11.8. The van der Waals surface area contributed by atoms with Gasteiger partial charge in [-0.05, 0) is 26.0 Å². The van der Waals surface area contributed by atoms with E-state index in [9.17, 15) is 4.79 Å². The topological polar surface area (TPSA) is 64.1 Å². The molecule has 1 heterocycles. The van der Waals surface area contributed by atoms with Gasteiger partial charge in [0.15, 0.2) is 0 Å². The van der Waals surface area contributed by atoms with Gasteiger partial charge in [-0.2, -0.15) is 0 Å². The molecule has 0 aliphatic rings. The summed E-state index contributed by atoms with van der Waals surface area (Å²) >= 11 is 1.40. The first-order valence-corrected chi connectivity index (χ1v) is 7.73. The predicted molar refractivity (Wildman–Crippen MR) is 84.5 cm³/mol. The molecule has 0 aliphatic carbocycles. The van der Waals surface area contributed by atoms with Crippen LogP contribution < -0.4 is 5.32 Å². The molecule has 0 saturated carbocycles. The van der Waals surface area contributed by atoms with Crippen LogP contribution in [0.25, 0.3) is 11.0 Å². The molecule has 1 aromatic carbocycles. The van der Waals surface area contributed by atoms with Gasteiger partial charge in [0.1, 0.15) is 5.03 Å². The van der Waals surface area contributed by atoms with Crippen molar-refractivity contribution in [2.75, 3.05) is 19.5 Å². The Morgan fingerprint density at radius 3 is 2.67 bits per heavy atom. The molecule has 112 valence electrons. The Balaban J connectivity index is 2.00. The lowest BCUT2D eigenvalue weighted by molar-refractivity contribution is -0.119. The summed E-state index contributed by atoms with van der Waals surface area (Å²) in [6.45, 7) is 4.32. The van der Waals surface area contributed by atoms with Gasteiger partial charge in [0, 0.05) is 13.2 Å². The van der Waals surface area contributed by atoms with Gasteiger partial charge in [-0.15, -0.1) is 0 Å². The minimum atomic E-state index is -0.0288. The van der Waals surface area contributed by atoms with Crippen LogP contribution in [-0.4, -0.2) is 41.4 Å². The number of benzene rings is 1. The van der Waals surface area contributed by atoms with Crippen LogP contribution in [0, 0.1) is 6.92 Å². The SMILES string of the molecule is COC[C@@H](C)NC(=O)CSc1nc2ccccc2nc1C. The molecule has 0 bridgehead atoms. The van der Waals surface area contributed by atoms with E-state index in [-0.39, 0.29) is 11.9 Å². The second kappa shape index (κ2) is 7.38. The highest BCUT2D eigenvalue weighted by Gasteiger charge is 2.10. The minimum absolute atomic E-state index is 0.00637. The predicted octanol–water partition coefficient (Wildman–Crippen LogP) is 2.18. The van der Waals surface area contributed by atoms with Crippen molar-refractivity contribution in [3.05, 3.63) is 30.0 Å². The maximum Gasteiger partial charge on any atom is 0.230 e. The van der Waals surface area contributed by atoms with Gasteiger partial charge < -0.3 is 10.1 Å². The van der Waals surface area contributed by atoms with Gasteiger partial charge in [0.25, 0.3) is 0 Å². The fourth-order valence-electron chi connectivity index (χ4n) is 1.95. The molecule has 6 heteroatoms. The first kappa shape index (κ1) is 15.7. The zero-order valence-corrected chi connectivity index (χ0v) is 13.2. The molecule has 0 fully saturated rings. The average molecular weight is 305 g/mol. The number of hydrogen-bond donors (Lipinski definition) is 1.